The van der Waals surface area contributed by atoms with Crippen molar-refractivity contribution in [3.05, 3.63) is 28.8 Å². The maximum atomic E-state index is 5.95. The first-order valence-corrected chi connectivity index (χ1v) is 5.01. The third kappa shape index (κ3) is 1.49. The minimum atomic E-state index is -0.212. The summed E-state index contributed by atoms with van der Waals surface area (Å²) in [5.74, 6) is 0.844. The van der Waals surface area contributed by atoms with Gasteiger partial charge in [-0.3, -0.25) is 0 Å². The van der Waals surface area contributed by atoms with Crippen molar-refractivity contribution in [2.24, 2.45) is 0 Å². The quantitative estimate of drug-likeness (QED) is 0.751. The van der Waals surface area contributed by atoms with Gasteiger partial charge in [0.15, 0.2) is 0 Å². The molecular weight excluding hydrogens is 200 g/mol. The van der Waals surface area contributed by atoms with Crippen molar-refractivity contribution in [1.82, 2.24) is 0 Å². The first kappa shape index (κ1) is 9.81. The van der Waals surface area contributed by atoms with E-state index < -0.39 is 0 Å². The van der Waals surface area contributed by atoms with Crippen molar-refractivity contribution in [1.29, 1.82) is 0 Å². The molecule has 0 bridgehead atoms. The van der Waals surface area contributed by atoms with E-state index in [0.29, 0.717) is 0 Å². The average molecular weight is 213 g/mol. The zero-order valence-corrected chi connectivity index (χ0v) is 9.10. The molecule has 1 heterocycles. The highest BCUT2D eigenvalue weighted by atomic mass is 35.5. The van der Waals surface area contributed by atoms with Crippen LogP contribution >= 0.6 is 11.6 Å². The number of rotatable bonds is 2. The summed E-state index contributed by atoms with van der Waals surface area (Å²) < 4.78 is 10.8. The van der Waals surface area contributed by atoms with Crippen molar-refractivity contribution in [3.8, 4) is 5.75 Å². The van der Waals surface area contributed by atoms with E-state index in [1.165, 1.54) is 0 Å². The predicted octanol–water partition coefficient (Wildman–Crippen LogP) is 2.98. The van der Waals surface area contributed by atoms with Crippen LogP contribution in [-0.2, 0) is 10.3 Å². The molecule has 0 radical (unpaired) electrons. The molecule has 1 atom stereocenters. The molecular formula is C11H13ClO2. The Labute approximate surface area is 88.8 Å². The highest BCUT2D eigenvalue weighted by Crippen LogP contribution is 2.42. The second-order valence-corrected chi connectivity index (χ2v) is 4.11. The Hall–Kier alpha value is -0.730. The van der Waals surface area contributed by atoms with Gasteiger partial charge in [-0.05, 0) is 25.1 Å². The van der Waals surface area contributed by atoms with Crippen LogP contribution in [0.2, 0.25) is 5.02 Å². The lowest BCUT2D eigenvalue weighted by Gasteiger charge is -2.39. The van der Waals surface area contributed by atoms with Gasteiger partial charge in [-0.2, -0.15) is 0 Å². The van der Waals surface area contributed by atoms with E-state index in [2.05, 4.69) is 6.92 Å². The van der Waals surface area contributed by atoms with E-state index in [1.54, 1.807) is 7.11 Å². The molecule has 3 heteroatoms. The molecule has 0 spiro atoms. The smallest absolute Gasteiger partial charge is 0.125 e. The fourth-order valence-corrected chi connectivity index (χ4v) is 1.89. The topological polar surface area (TPSA) is 18.5 Å². The monoisotopic (exact) mass is 212 g/mol. The second kappa shape index (κ2) is 3.44. The van der Waals surface area contributed by atoms with Gasteiger partial charge in [-0.1, -0.05) is 11.6 Å². The predicted molar refractivity (Wildman–Crippen MR) is 55.9 cm³/mol. The van der Waals surface area contributed by atoms with Crippen molar-refractivity contribution in [3.63, 3.8) is 0 Å². The second-order valence-electron chi connectivity index (χ2n) is 3.67. The van der Waals surface area contributed by atoms with Crippen LogP contribution in [0.3, 0.4) is 0 Å². The molecule has 2 rings (SSSR count). The average Bonchev–Trinajstić information content (AvgIpc) is 2.14. The summed E-state index contributed by atoms with van der Waals surface area (Å²) in [4.78, 5) is 0. The maximum Gasteiger partial charge on any atom is 0.125 e. The van der Waals surface area contributed by atoms with Gasteiger partial charge >= 0.3 is 0 Å². The molecule has 0 aliphatic carbocycles. The highest BCUT2D eigenvalue weighted by Gasteiger charge is 2.37. The molecule has 0 saturated carbocycles. The van der Waals surface area contributed by atoms with Crippen LogP contribution in [-0.4, -0.2) is 13.7 Å². The number of halogens is 1. The van der Waals surface area contributed by atoms with Crippen LogP contribution in [0.5, 0.6) is 5.75 Å². The summed E-state index contributed by atoms with van der Waals surface area (Å²) in [5, 5.41) is 0.720. The first-order valence-electron chi connectivity index (χ1n) is 4.64. The number of hydrogen-bond acceptors (Lipinski definition) is 2. The van der Waals surface area contributed by atoms with E-state index in [9.17, 15) is 0 Å². The van der Waals surface area contributed by atoms with Crippen molar-refractivity contribution >= 4 is 11.6 Å². The van der Waals surface area contributed by atoms with E-state index in [4.69, 9.17) is 21.1 Å². The molecule has 14 heavy (non-hydrogen) atoms. The molecule has 2 nitrogen and oxygen atoms in total. The SMILES string of the molecule is COc1ccc(Cl)cc1C1(C)CCO1. The molecule has 0 amide bonds. The van der Waals surface area contributed by atoms with Crippen LogP contribution in [0, 0.1) is 0 Å². The van der Waals surface area contributed by atoms with Gasteiger partial charge in [-0.25, -0.2) is 0 Å². The third-order valence-corrected chi connectivity index (χ3v) is 2.97. The summed E-state index contributed by atoms with van der Waals surface area (Å²) in [7, 11) is 1.66. The van der Waals surface area contributed by atoms with Gasteiger partial charge in [0.05, 0.1) is 19.3 Å². The lowest BCUT2D eigenvalue weighted by atomic mass is 9.88. The maximum absolute atomic E-state index is 5.95. The Bertz CT molecular complexity index is 345. The van der Waals surface area contributed by atoms with E-state index >= 15 is 0 Å². The van der Waals surface area contributed by atoms with Crippen LogP contribution in [0.25, 0.3) is 0 Å². The van der Waals surface area contributed by atoms with E-state index in [1.807, 2.05) is 18.2 Å². The fraction of sp³-hybridized carbons (Fsp3) is 0.455. The molecule has 76 valence electrons. The van der Waals surface area contributed by atoms with E-state index in [-0.39, 0.29) is 5.60 Å². The molecule has 1 aromatic carbocycles. The first-order chi connectivity index (χ1) is 6.65. The lowest BCUT2D eigenvalue weighted by molar-refractivity contribution is -0.141. The molecule has 0 aromatic heterocycles. The molecule has 1 aliphatic rings. The zero-order chi connectivity index (χ0) is 10.2. The van der Waals surface area contributed by atoms with Gasteiger partial charge in [0.25, 0.3) is 0 Å². The Morgan fingerprint density at radius 1 is 1.50 bits per heavy atom. The Kier molecular flexibility index (Phi) is 2.41. The zero-order valence-electron chi connectivity index (χ0n) is 8.34. The summed E-state index contributed by atoms with van der Waals surface area (Å²) in [5.41, 5.74) is 0.828. The summed E-state index contributed by atoms with van der Waals surface area (Å²) in [6, 6.07) is 5.62. The number of methoxy groups -OCH3 is 1. The van der Waals surface area contributed by atoms with Gasteiger partial charge in [0, 0.05) is 17.0 Å². The van der Waals surface area contributed by atoms with Crippen molar-refractivity contribution in [2.75, 3.05) is 13.7 Å². The fourth-order valence-electron chi connectivity index (χ4n) is 1.71. The minimum Gasteiger partial charge on any atom is -0.496 e. The normalized spacial score (nSPS) is 25.6. The van der Waals surface area contributed by atoms with E-state index in [0.717, 1.165) is 29.4 Å². The van der Waals surface area contributed by atoms with Crippen LogP contribution < -0.4 is 4.74 Å². The van der Waals surface area contributed by atoms with Crippen LogP contribution in [0.1, 0.15) is 18.9 Å². The van der Waals surface area contributed by atoms with Gasteiger partial charge in [0.1, 0.15) is 5.75 Å². The molecule has 1 fully saturated rings. The molecule has 1 aromatic rings. The lowest BCUT2D eigenvalue weighted by Crippen LogP contribution is -2.37. The molecule has 0 N–H and O–H groups in total. The summed E-state index contributed by atoms with van der Waals surface area (Å²) in [6.07, 6.45) is 1.02. The molecule has 1 unspecified atom stereocenters. The number of hydrogen-bond donors (Lipinski definition) is 0. The van der Waals surface area contributed by atoms with Crippen LogP contribution in [0.15, 0.2) is 18.2 Å². The Morgan fingerprint density at radius 2 is 2.21 bits per heavy atom. The van der Waals surface area contributed by atoms with Crippen molar-refractivity contribution < 1.29 is 9.47 Å². The Balaban J connectivity index is 2.43. The third-order valence-electron chi connectivity index (χ3n) is 2.73. The largest absolute Gasteiger partial charge is 0.496 e. The standard InChI is InChI=1S/C11H13ClO2/c1-11(5-6-14-11)9-7-8(12)3-4-10(9)13-2/h3-4,7H,5-6H2,1-2H3. The van der Waals surface area contributed by atoms with Crippen LogP contribution in [0.4, 0.5) is 0 Å². The minimum absolute atomic E-state index is 0.212. The molecule has 1 saturated heterocycles. The highest BCUT2D eigenvalue weighted by molar-refractivity contribution is 6.30. The summed E-state index contributed by atoms with van der Waals surface area (Å²) >= 11 is 5.95. The number of ether oxygens (including phenoxy) is 2. The summed E-state index contributed by atoms with van der Waals surface area (Å²) in [6.45, 7) is 2.87. The van der Waals surface area contributed by atoms with Gasteiger partial charge in [0.2, 0.25) is 0 Å². The van der Waals surface area contributed by atoms with Crippen molar-refractivity contribution in [2.45, 2.75) is 18.9 Å². The number of benzene rings is 1. The van der Waals surface area contributed by atoms with Gasteiger partial charge < -0.3 is 9.47 Å². The Morgan fingerprint density at radius 3 is 2.71 bits per heavy atom. The molecule has 1 aliphatic heterocycles. The van der Waals surface area contributed by atoms with Gasteiger partial charge in [-0.15, -0.1) is 0 Å².